The normalized spacial score (nSPS) is 12.1. The molecule has 2 rings (SSSR count). The van der Waals surface area contributed by atoms with Gasteiger partial charge in [0.2, 0.25) is 5.43 Å². The molecule has 5 nitrogen and oxygen atoms in total. The summed E-state index contributed by atoms with van der Waals surface area (Å²) in [7, 11) is 0. The summed E-state index contributed by atoms with van der Waals surface area (Å²) in [4.78, 5) is 27.2. The molecular weight excluding hydrogens is 467 g/mol. The Hall–Kier alpha value is -4.11. The molecule has 194 valence electrons. The molecule has 1 amide bonds. The second-order valence-electron chi connectivity index (χ2n) is 8.61. The van der Waals surface area contributed by atoms with Crippen LogP contribution in [0.15, 0.2) is 78.2 Å². The molecule has 1 atom stereocenters. The van der Waals surface area contributed by atoms with Gasteiger partial charge in [-0.05, 0) is 49.1 Å². The number of hydrogen-bond donors (Lipinski definition) is 1. The monoisotopic (exact) mass is 502 g/mol. The second kappa shape index (κ2) is 14.4. The summed E-state index contributed by atoms with van der Waals surface area (Å²) in [5.74, 6) is 1.46. The van der Waals surface area contributed by atoms with Crippen molar-refractivity contribution in [1.29, 1.82) is 0 Å². The summed E-state index contributed by atoms with van der Waals surface area (Å²) >= 11 is 0. The first-order valence-electron chi connectivity index (χ1n) is 12.3. The third-order valence-corrected chi connectivity index (χ3v) is 5.86. The molecule has 0 fully saturated rings. The summed E-state index contributed by atoms with van der Waals surface area (Å²) in [6.07, 6.45) is 15.0. The third-order valence-electron chi connectivity index (χ3n) is 5.86. The van der Waals surface area contributed by atoms with Crippen molar-refractivity contribution in [1.82, 2.24) is 9.88 Å². The first kappa shape index (κ1) is 29.1. The second-order valence-corrected chi connectivity index (χ2v) is 8.61. The molecule has 1 aromatic carbocycles. The fourth-order valence-electron chi connectivity index (χ4n) is 3.92. The Labute approximate surface area is 219 Å². The minimum absolute atomic E-state index is 0.0394. The van der Waals surface area contributed by atoms with Crippen LogP contribution in [0.3, 0.4) is 0 Å². The van der Waals surface area contributed by atoms with Crippen molar-refractivity contribution in [3.8, 4) is 18.1 Å². The number of aromatic nitrogens is 1. The van der Waals surface area contributed by atoms with Crippen LogP contribution < -0.4 is 15.5 Å². The quantitative estimate of drug-likeness (QED) is 0.212. The zero-order valence-electron chi connectivity index (χ0n) is 21.9. The van der Waals surface area contributed by atoms with E-state index in [4.69, 9.17) is 11.2 Å². The van der Waals surface area contributed by atoms with Crippen LogP contribution >= 0.6 is 0 Å². The minimum Gasteiger partial charge on any atom is -0.483 e. The number of terminal acetylenes is 1. The number of nitrogens with zero attached hydrogens (tertiary/aromatic N) is 1. The van der Waals surface area contributed by atoms with Crippen molar-refractivity contribution in [2.24, 2.45) is 0 Å². The van der Waals surface area contributed by atoms with E-state index < -0.39 is 11.3 Å². The van der Waals surface area contributed by atoms with Gasteiger partial charge in [0.05, 0.1) is 5.69 Å². The van der Waals surface area contributed by atoms with E-state index >= 15 is 0 Å². The highest BCUT2D eigenvalue weighted by atomic mass is 19.1. The Morgan fingerprint density at radius 2 is 2.00 bits per heavy atom. The fraction of sp³-hybridized carbons (Fsp3) is 0.290. The number of nitrogens with one attached hydrogen (secondary N) is 1. The van der Waals surface area contributed by atoms with Gasteiger partial charge in [0, 0.05) is 24.7 Å². The predicted molar refractivity (Wildman–Crippen MR) is 148 cm³/mol. The van der Waals surface area contributed by atoms with Gasteiger partial charge >= 0.3 is 0 Å². The Morgan fingerprint density at radius 1 is 1.30 bits per heavy atom. The molecule has 0 bridgehead atoms. The van der Waals surface area contributed by atoms with Crippen LogP contribution in [0.1, 0.15) is 60.4 Å². The number of allylic oxidation sites excluding steroid dienone is 5. The molecule has 1 N–H and O–H groups in total. The van der Waals surface area contributed by atoms with E-state index in [-0.39, 0.29) is 36.2 Å². The molecule has 1 heterocycles. The van der Waals surface area contributed by atoms with E-state index in [9.17, 15) is 14.0 Å². The lowest BCUT2D eigenvalue weighted by Crippen LogP contribution is -2.34. The average molecular weight is 503 g/mol. The highest BCUT2D eigenvalue weighted by Gasteiger charge is 2.27. The number of benzene rings is 1. The van der Waals surface area contributed by atoms with Crippen molar-refractivity contribution in [2.45, 2.75) is 52.6 Å². The Kier molecular flexibility index (Phi) is 11.4. The number of carbonyl (C=O) groups excluding carboxylic acids is 1. The maximum Gasteiger partial charge on any atom is 0.257 e. The van der Waals surface area contributed by atoms with Crippen LogP contribution in [0, 0.1) is 18.2 Å². The van der Waals surface area contributed by atoms with E-state index in [2.05, 4.69) is 24.4 Å². The van der Waals surface area contributed by atoms with E-state index in [0.717, 1.165) is 5.57 Å². The van der Waals surface area contributed by atoms with Crippen LogP contribution in [0.5, 0.6) is 5.75 Å². The zero-order chi connectivity index (χ0) is 27.4. The molecule has 2 aromatic rings. The number of rotatable bonds is 13. The summed E-state index contributed by atoms with van der Waals surface area (Å²) in [6, 6.07) is 5.83. The molecule has 0 saturated heterocycles. The van der Waals surface area contributed by atoms with Gasteiger partial charge in [-0.1, -0.05) is 56.2 Å². The summed E-state index contributed by atoms with van der Waals surface area (Å²) in [5.41, 5.74) is 2.41. The Morgan fingerprint density at radius 3 is 2.59 bits per heavy atom. The first-order chi connectivity index (χ1) is 17.8. The molecule has 0 spiro atoms. The van der Waals surface area contributed by atoms with Gasteiger partial charge in [-0.25, -0.2) is 4.39 Å². The number of carbonyl (C=O) groups is 1. The van der Waals surface area contributed by atoms with Crippen molar-refractivity contribution in [3.63, 3.8) is 0 Å². The minimum atomic E-state index is -0.509. The van der Waals surface area contributed by atoms with Crippen LogP contribution in [0.4, 0.5) is 4.39 Å². The molecule has 0 radical (unpaired) electrons. The molecule has 37 heavy (non-hydrogen) atoms. The molecule has 0 aliphatic carbocycles. The largest absolute Gasteiger partial charge is 0.483 e. The Balaban J connectivity index is 2.63. The molecule has 0 aliphatic rings. The predicted octanol–water partition coefficient (Wildman–Crippen LogP) is 5.86. The van der Waals surface area contributed by atoms with Crippen LogP contribution in [-0.4, -0.2) is 17.1 Å². The molecule has 0 saturated carbocycles. The number of halogens is 1. The van der Waals surface area contributed by atoms with Crippen LogP contribution in [0.25, 0.3) is 0 Å². The van der Waals surface area contributed by atoms with Gasteiger partial charge in [-0.2, -0.15) is 0 Å². The van der Waals surface area contributed by atoms with Gasteiger partial charge in [-0.15, -0.1) is 19.6 Å². The number of amides is 1. The van der Waals surface area contributed by atoms with E-state index in [1.54, 1.807) is 36.4 Å². The lowest BCUT2D eigenvalue weighted by Gasteiger charge is -2.26. The van der Waals surface area contributed by atoms with Crippen molar-refractivity contribution >= 4 is 5.91 Å². The standard InChI is InChI=1S/C31H35FN2O3/c1-7-11-13-14-22(5)21-37-30-28(23(6)9-3)34(19-12-8-2)26(10-4)27(29(30)35)31(36)33-20-24-15-17-25(32)18-16-24/h1,8-9,11,13-18,23H,2-3,10,12,19-21H2,4-6H3,(H,33,36)/b13-11-,22-14+. The summed E-state index contributed by atoms with van der Waals surface area (Å²) in [6.45, 7) is 14.3. The van der Waals surface area contributed by atoms with Gasteiger partial charge in [0.15, 0.2) is 5.75 Å². The van der Waals surface area contributed by atoms with Gasteiger partial charge in [0.25, 0.3) is 5.91 Å². The van der Waals surface area contributed by atoms with Crippen molar-refractivity contribution < 1.29 is 13.9 Å². The number of ether oxygens (including phenoxy) is 1. The van der Waals surface area contributed by atoms with E-state index in [1.807, 2.05) is 31.4 Å². The van der Waals surface area contributed by atoms with Crippen molar-refractivity contribution in [2.75, 3.05) is 6.61 Å². The smallest absolute Gasteiger partial charge is 0.257 e. The molecule has 1 unspecified atom stereocenters. The first-order valence-corrected chi connectivity index (χ1v) is 12.3. The third kappa shape index (κ3) is 7.68. The van der Waals surface area contributed by atoms with Gasteiger partial charge < -0.3 is 14.6 Å². The molecule has 6 heteroatoms. The summed E-state index contributed by atoms with van der Waals surface area (Å²) < 4.78 is 21.3. The summed E-state index contributed by atoms with van der Waals surface area (Å²) in [5, 5.41) is 2.81. The van der Waals surface area contributed by atoms with Crippen molar-refractivity contribution in [3.05, 3.63) is 112 Å². The zero-order valence-corrected chi connectivity index (χ0v) is 21.9. The Bertz CT molecular complexity index is 1280. The SMILES string of the molecule is C#C/C=C\C=C(/C)COc1c(C(C)C=C)n(CCC=C)c(CC)c(C(=O)NCc2ccc(F)cc2)c1=O. The fourth-order valence-corrected chi connectivity index (χ4v) is 3.92. The maximum absolute atomic E-state index is 13.8. The van der Waals surface area contributed by atoms with Crippen LogP contribution in [-0.2, 0) is 19.5 Å². The maximum atomic E-state index is 13.8. The number of pyridine rings is 1. The van der Waals surface area contributed by atoms with Crippen LogP contribution in [0.2, 0.25) is 0 Å². The lowest BCUT2D eigenvalue weighted by atomic mass is 9.99. The highest BCUT2D eigenvalue weighted by molar-refractivity contribution is 5.95. The van der Waals surface area contributed by atoms with Gasteiger partial charge in [-0.3, -0.25) is 9.59 Å². The van der Waals surface area contributed by atoms with E-state index in [0.29, 0.717) is 36.3 Å². The average Bonchev–Trinajstić information content (AvgIpc) is 2.90. The van der Waals surface area contributed by atoms with E-state index in [1.165, 1.54) is 12.1 Å². The highest BCUT2D eigenvalue weighted by Crippen LogP contribution is 2.29. The van der Waals surface area contributed by atoms with Gasteiger partial charge in [0.1, 0.15) is 18.0 Å². The molecular formula is C31H35FN2O3. The number of hydrogen-bond acceptors (Lipinski definition) is 3. The molecule has 0 aliphatic heterocycles. The molecule has 1 aromatic heterocycles. The topological polar surface area (TPSA) is 60.3 Å². The lowest BCUT2D eigenvalue weighted by molar-refractivity contribution is 0.0947.